The molecular weight excluding hydrogens is 248 g/mol. The van der Waals surface area contributed by atoms with Crippen LogP contribution in [0.5, 0.6) is 0 Å². The van der Waals surface area contributed by atoms with E-state index in [1.165, 1.54) is 24.9 Å². The van der Waals surface area contributed by atoms with Gasteiger partial charge in [0.1, 0.15) is 0 Å². The Hall–Kier alpha value is -1.06. The quantitative estimate of drug-likeness (QED) is 0.918. The first-order chi connectivity index (χ1) is 9.69. The third-order valence-electron chi connectivity index (χ3n) is 5.18. The van der Waals surface area contributed by atoms with Gasteiger partial charge in [-0.3, -0.25) is 4.90 Å². The van der Waals surface area contributed by atoms with E-state index in [9.17, 15) is 5.11 Å². The van der Waals surface area contributed by atoms with Crippen LogP contribution in [0.15, 0.2) is 24.3 Å². The Labute approximate surface area is 122 Å². The summed E-state index contributed by atoms with van der Waals surface area (Å²) in [5.74, 6) is 0. The van der Waals surface area contributed by atoms with Crippen molar-refractivity contribution in [2.45, 2.75) is 50.8 Å². The lowest BCUT2D eigenvalue weighted by Gasteiger charge is -2.27. The van der Waals surface area contributed by atoms with Crippen molar-refractivity contribution < 1.29 is 5.11 Å². The molecule has 0 radical (unpaired) electrons. The molecule has 3 rings (SSSR count). The SMILES string of the molecule is CCC(O)c1ccc(N2CCC3CCC(C2)N3C)cc1. The number of anilines is 1. The summed E-state index contributed by atoms with van der Waals surface area (Å²) in [6, 6.07) is 10.0. The largest absolute Gasteiger partial charge is 0.388 e. The molecule has 110 valence electrons. The van der Waals surface area contributed by atoms with Gasteiger partial charge in [-0.2, -0.15) is 0 Å². The summed E-state index contributed by atoms with van der Waals surface area (Å²) in [6.07, 6.45) is 4.43. The number of nitrogens with zero attached hydrogens (tertiary/aromatic N) is 2. The van der Waals surface area contributed by atoms with Crippen LogP contribution < -0.4 is 4.90 Å². The van der Waals surface area contributed by atoms with Crippen molar-refractivity contribution in [1.82, 2.24) is 4.90 Å². The van der Waals surface area contributed by atoms with Gasteiger partial charge in [-0.05, 0) is 50.4 Å². The summed E-state index contributed by atoms with van der Waals surface area (Å²) >= 11 is 0. The van der Waals surface area contributed by atoms with Crippen LogP contribution >= 0.6 is 0 Å². The number of hydrogen-bond acceptors (Lipinski definition) is 3. The zero-order valence-corrected chi connectivity index (χ0v) is 12.6. The number of rotatable bonds is 3. The van der Waals surface area contributed by atoms with E-state index in [-0.39, 0.29) is 6.10 Å². The van der Waals surface area contributed by atoms with E-state index in [1.54, 1.807) is 0 Å². The minimum Gasteiger partial charge on any atom is -0.388 e. The summed E-state index contributed by atoms with van der Waals surface area (Å²) < 4.78 is 0. The first-order valence-corrected chi connectivity index (χ1v) is 7.94. The molecule has 1 aromatic rings. The lowest BCUT2D eigenvalue weighted by atomic mass is 10.1. The molecule has 3 atom stereocenters. The molecular formula is C17H26N2O. The fraction of sp³-hybridized carbons (Fsp3) is 0.647. The fourth-order valence-corrected chi connectivity index (χ4v) is 3.69. The Morgan fingerprint density at radius 1 is 1.15 bits per heavy atom. The van der Waals surface area contributed by atoms with Crippen LogP contribution in [-0.4, -0.2) is 42.2 Å². The van der Waals surface area contributed by atoms with Gasteiger partial charge >= 0.3 is 0 Å². The van der Waals surface area contributed by atoms with Crippen LogP contribution in [0.25, 0.3) is 0 Å². The average Bonchev–Trinajstić information content (AvgIpc) is 2.72. The maximum Gasteiger partial charge on any atom is 0.0787 e. The first-order valence-electron chi connectivity index (χ1n) is 7.94. The van der Waals surface area contributed by atoms with Crippen LogP contribution in [0.3, 0.4) is 0 Å². The minimum atomic E-state index is -0.324. The summed E-state index contributed by atoms with van der Waals surface area (Å²) in [5, 5.41) is 9.88. The molecule has 3 nitrogen and oxygen atoms in total. The van der Waals surface area contributed by atoms with E-state index in [0.29, 0.717) is 6.04 Å². The molecule has 0 aliphatic carbocycles. The van der Waals surface area contributed by atoms with E-state index in [2.05, 4.69) is 41.1 Å². The van der Waals surface area contributed by atoms with Crippen molar-refractivity contribution in [3.8, 4) is 0 Å². The molecule has 20 heavy (non-hydrogen) atoms. The molecule has 3 unspecified atom stereocenters. The third kappa shape index (κ3) is 2.57. The number of aliphatic hydroxyl groups is 1. The van der Waals surface area contributed by atoms with Crippen molar-refractivity contribution >= 4 is 5.69 Å². The first kappa shape index (κ1) is 13.9. The molecule has 0 spiro atoms. The predicted molar refractivity (Wildman–Crippen MR) is 83.1 cm³/mol. The van der Waals surface area contributed by atoms with Crippen LogP contribution in [-0.2, 0) is 0 Å². The van der Waals surface area contributed by atoms with Gasteiger partial charge in [0, 0.05) is 30.9 Å². The summed E-state index contributed by atoms with van der Waals surface area (Å²) in [5.41, 5.74) is 2.34. The molecule has 2 aliphatic heterocycles. The maximum atomic E-state index is 9.88. The second kappa shape index (κ2) is 5.74. The Balaban J connectivity index is 1.73. The van der Waals surface area contributed by atoms with Gasteiger partial charge in [0.05, 0.1) is 6.10 Å². The van der Waals surface area contributed by atoms with E-state index in [1.807, 2.05) is 6.92 Å². The highest BCUT2D eigenvalue weighted by molar-refractivity contribution is 5.48. The summed E-state index contributed by atoms with van der Waals surface area (Å²) in [7, 11) is 2.28. The van der Waals surface area contributed by atoms with Gasteiger partial charge in [-0.25, -0.2) is 0 Å². The second-order valence-corrected chi connectivity index (χ2v) is 6.30. The number of aliphatic hydroxyl groups excluding tert-OH is 1. The van der Waals surface area contributed by atoms with Gasteiger partial charge in [-0.1, -0.05) is 19.1 Å². The average molecular weight is 274 g/mol. The Morgan fingerprint density at radius 3 is 2.55 bits per heavy atom. The molecule has 2 heterocycles. The van der Waals surface area contributed by atoms with Crippen molar-refractivity contribution in [2.75, 3.05) is 25.0 Å². The normalized spacial score (nSPS) is 28.4. The molecule has 2 fully saturated rings. The number of benzene rings is 1. The minimum absolute atomic E-state index is 0.324. The van der Waals surface area contributed by atoms with Crippen molar-refractivity contribution in [2.24, 2.45) is 0 Å². The monoisotopic (exact) mass is 274 g/mol. The summed E-state index contributed by atoms with van der Waals surface area (Å²) in [6.45, 7) is 4.31. The van der Waals surface area contributed by atoms with Crippen LogP contribution in [0.4, 0.5) is 5.69 Å². The van der Waals surface area contributed by atoms with E-state index in [0.717, 1.165) is 31.1 Å². The standard InChI is InChI=1S/C17H26N2O/c1-3-17(20)13-4-6-15(7-5-13)19-11-10-14-8-9-16(12-19)18(14)2/h4-7,14,16-17,20H,3,8-12H2,1-2H3. The molecule has 0 saturated carbocycles. The number of fused-ring (bicyclic) bond motifs is 2. The third-order valence-corrected chi connectivity index (χ3v) is 5.18. The Morgan fingerprint density at radius 2 is 1.85 bits per heavy atom. The highest BCUT2D eigenvalue weighted by Crippen LogP contribution is 2.31. The van der Waals surface area contributed by atoms with Crippen molar-refractivity contribution in [3.05, 3.63) is 29.8 Å². The van der Waals surface area contributed by atoms with Crippen molar-refractivity contribution in [3.63, 3.8) is 0 Å². The van der Waals surface area contributed by atoms with Gasteiger partial charge in [0.15, 0.2) is 0 Å². The van der Waals surface area contributed by atoms with Gasteiger partial charge in [0.2, 0.25) is 0 Å². The topological polar surface area (TPSA) is 26.7 Å². The maximum absolute atomic E-state index is 9.88. The molecule has 0 amide bonds. The zero-order chi connectivity index (χ0) is 14.1. The van der Waals surface area contributed by atoms with E-state index in [4.69, 9.17) is 0 Å². The van der Waals surface area contributed by atoms with Gasteiger partial charge < -0.3 is 10.0 Å². The van der Waals surface area contributed by atoms with Crippen LogP contribution in [0.2, 0.25) is 0 Å². The highest BCUT2D eigenvalue weighted by atomic mass is 16.3. The molecule has 2 saturated heterocycles. The molecule has 1 N–H and O–H groups in total. The predicted octanol–water partition coefficient (Wildman–Crippen LogP) is 2.80. The van der Waals surface area contributed by atoms with E-state index < -0.39 is 0 Å². The smallest absolute Gasteiger partial charge is 0.0787 e. The molecule has 1 aromatic carbocycles. The number of hydrogen-bond donors (Lipinski definition) is 1. The summed E-state index contributed by atoms with van der Waals surface area (Å²) in [4.78, 5) is 5.09. The molecule has 2 bridgehead atoms. The van der Waals surface area contributed by atoms with Gasteiger partial charge in [0.25, 0.3) is 0 Å². The lowest BCUT2D eigenvalue weighted by molar-refractivity contribution is 0.173. The van der Waals surface area contributed by atoms with Crippen molar-refractivity contribution in [1.29, 1.82) is 0 Å². The van der Waals surface area contributed by atoms with Gasteiger partial charge in [-0.15, -0.1) is 0 Å². The van der Waals surface area contributed by atoms with Crippen LogP contribution in [0.1, 0.15) is 44.3 Å². The Kier molecular flexibility index (Phi) is 3.99. The number of likely N-dealkylation sites (N-methyl/N-ethyl adjacent to an activating group) is 1. The zero-order valence-electron chi connectivity index (χ0n) is 12.6. The molecule has 2 aliphatic rings. The van der Waals surface area contributed by atoms with E-state index >= 15 is 0 Å². The fourth-order valence-electron chi connectivity index (χ4n) is 3.69. The second-order valence-electron chi connectivity index (χ2n) is 6.30. The highest BCUT2D eigenvalue weighted by Gasteiger charge is 2.34. The lowest BCUT2D eigenvalue weighted by Crippen LogP contribution is -2.36. The Bertz CT molecular complexity index is 445. The molecule has 3 heteroatoms. The molecule has 0 aromatic heterocycles. The van der Waals surface area contributed by atoms with Crippen LogP contribution in [0, 0.1) is 0 Å².